The second-order valence-corrected chi connectivity index (χ2v) is 3.96. The van der Waals surface area contributed by atoms with E-state index in [9.17, 15) is 9.59 Å². The number of hydrogen-bond donors (Lipinski definition) is 0. The molecule has 0 aliphatic carbocycles. The molecule has 0 aliphatic rings. The standard InChI is InChI=1S/C12H9NO4/c1-6-5-9(14)17-11-7(6)3-4-8-10(11)13(2)12(15)16-8/h3-5H,1-2H3. The van der Waals surface area contributed by atoms with Crippen LogP contribution in [-0.2, 0) is 7.05 Å². The van der Waals surface area contributed by atoms with Crippen molar-refractivity contribution >= 4 is 22.1 Å². The third kappa shape index (κ3) is 1.25. The Morgan fingerprint density at radius 1 is 1.18 bits per heavy atom. The monoisotopic (exact) mass is 231 g/mol. The van der Waals surface area contributed by atoms with Crippen molar-refractivity contribution in [1.29, 1.82) is 0 Å². The highest BCUT2D eigenvalue weighted by Gasteiger charge is 2.13. The van der Waals surface area contributed by atoms with Gasteiger partial charge in [-0.05, 0) is 24.6 Å². The van der Waals surface area contributed by atoms with Crippen LogP contribution in [0, 0.1) is 6.92 Å². The Morgan fingerprint density at radius 3 is 2.71 bits per heavy atom. The molecule has 0 amide bonds. The summed E-state index contributed by atoms with van der Waals surface area (Å²) in [6.07, 6.45) is 0. The molecule has 17 heavy (non-hydrogen) atoms. The van der Waals surface area contributed by atoms with Gasteiger partial charge in [-0.2, -0.15) is 0 Å². The van der Waals surface area contributed by atoms with Gasteiger partial charge in [-0.25, -0.2) is 9.59 Å². The molecule has 5 heteroatoms. The molecule has 5 nitrogen and oxygen atoms in total. The fourth-order valence-corrected chi connectivity index (χ4v) is 2.01. The lowest BCUT2D eigenvalue weighted by Gasteiger charge is -2.01. The summed E-state index contributed by atoms with van der Waals surface area (Å²) in [6.45, 7) is 1.82. The zero-order chi connectivity index (χ0) is 12.2. The largest absolute Gasteiger partial charge is 0.420 e. The van der Waals surface area contributed by atoms with Gasteiger partial charge >= 0.3 is 11.4 Å². The van der Waals surface area contributed by atoms with Crippen molar-refractivity contribution in [3.05, 3.63) is 44.7 Å². The van der Waals surface area contributed by atoms with E-state index in [1.807, 2.05) is 6.92 Å². The fraction of sp³-hybridized carbons (Fsp3) is 0.167. The smallest absolute Gasteiger partial charge is 0.419 e. The fourth-order valence-electron chi connectivity index (χ4n) is 2.01. The number of fused-ring (bicyclic) bond motifs is 3. The van der Waals surface area contributed by atoms with Gasteiger partial charge in [0, 0.05) is 18.5 Å². The number of aromatic nitrogens is 1. The average molecular weight is 231 g/mol. The van der Waals surface area contributed by atoms with Crippen molar-refractivity contribution in [2.75, 3.05) is 0 Å². The minimum Gasteiger partial charge on any atom is -0.420 e. The minimum atomic E-state index is -0.475. The topological polar surface area (TPSA) is 65.3 Å². The molecule has 3 rings (SSSR count). The molecule has 2 aromatic heterocycles. The molecular formula is C12H9NO4. The zero-order valence-electron chi connectivity index (χ0n) is 9.31. The Labute approximate surface area is 94.9 Å². The van der Waals surface area contributed by atoms with Crippen LogP contribution in [0.5, 0.6) is 0 Å². The highest BCUT2D eigenvalue weighted by Crippen LogP contribution is 2.25. The van der Waals surface area contributed by atoms with Crippen molar-refractivity contribution in [3.63, 3.8) is 0 Å². The Morgan fingerprint density at radius 2 is 1.94 bits per heavy atom. The van der Waals surface area contributed by atoms with Crippen molar-refractivity contribution < 1.29 is 8.83 Å². The Bertz CT molecular complexity index is 850. The maximum Gasteiger partial charge on any atom is 0.419 e. The molecule has 3 aromatic rings. The first-order chi connectivity index (χ1) is 8.08. The van der Waals surface area contributed by atoms with Gasteiger partial charge in [0.15, 0.2) is 11.2 Å². The quantitative estimate of drug-likeness (QED) is 0.550. The van der Waals surface area contributed by atoms with E-state index in [1.54, 1.807) is 19.2 Å². The lowest BCUT2D eigenvalue weighted by molar-refractivity contribution is 0.528. The van der Waals surface area contributed by atoms with Crippen LogP contribution in [-0.4, -0.2) is 4.57 Å². The third-order valence-electron chi connectivity index (χ3n) is 2.86. The summed E-state index contributed by atoms with van der Waals surface area (Å²) in [7, 11) is 1.58. The molecule has 1 aromatic carbocycles. The third-order valence-corrected chi connectivity index (χ3v) is 2.86. The van der Waals surface area contributed by atoms with E-state index in [2.05, 4.69) is 0 Å². The number of aryl methyl sites for hydroxylation is 2. The molecule has 86 valence electrons. The summed E-state index contributed by atoms with van der Waals surface area (Å²) in [4.78, 5) is 22.8. The first-order valence-corrected chi connectivity index (χ1v) is 5.11. The van der Waals surface area contributed by atoms with Crippen LogP contribution in [0.15, 0.2) is 36.6 Å². The van der Waals surface area contributed by atoms with Crippen LogP contribution < -0.4 is 11.4 Å². The molecule has 0 saturated carbocycles. The Hall–Kier alpha value is -2.30. The molecule has 0 unspecified atom stereocenters. The number of oxazole rings is 1. The minimum absolute atomic E-state index is 0.390. The second-order valence-electron chi connectivity index (χ2n) is 3.96. The van der Waals surface area contributed by atoms with Crippen LogP contribution in [0.3, 0.4) is 0 Å². The van der Waals surface area contributed by atoms with Crippen molar-refractivity contribution in [3.8, 4) is 0 Å². The van der Waals surface area contributed by atoms with Crippen molar-refractivity contribution in [2.45, 2.75) is 6.92 Å². The van der Waals surface area contributed by atoms with Crippen LogP contribution in [0.4, 0.5) is 0 Å². The first-order valence-electron chi connectivity index (χ1n) is 5.11. The number of rotatable bonds is 0. The Balaban J connectivity index is 2.72. The average Bonchev–Trinajstić information content (AvgIpc) is 2.54. The van der Waals surface area contributed by atoms with Gasteiger partial charge in [0.05, 0.1) is 0 Å². The van der Waals surface area contributed by atoms with E-state index in [-0.39, 0.29) is 0 Å². The molecular weight excluding hydrogens is 222 g/mol. The van der Waals surface area contributed by atoms with Crippen molar-refractivity contribution in [1.82, 2.24) is 4.57 Å². The first kappa shape index (κ1) is 9.89. The van der Waals surface area contributed by atoms with Crippen LogP contribution in [0.25, 0.3) is 22.1 Å². The summed E-state index contributed by atoms with van der Waals surface area (Å²) in [6, 6.07) is 4.90. The van der Waals surface area contributed by atoms with Gasteiger partial charge in [0.2, 0.25) is 0 Å². The van der Waals surface area contributed by atoms with Gasteiger partial charge < -0.3 is 8.83 Å². The van der Waals surface area contributed by atoms with E-state index >= 15 is 0 Å². The maximum absolute atomic E-state index is 11.4. The number of benzene rings is 1. The molecule has 0 bridgehead atoms. The van der Waals surface area contributed by atoms with Crippen LogP contribution in [0.1, 0.15) is 5.56 Å². The normalized spacial score (nSPS) is 11.4. The highest BCUT2D eigenvalue weighted by molar-refractivity contribution is 6.00. The molecule has 0 radical (unpaired) electrons. The van der Waals surface area contributed by atoms with Gasteiger partial charge in [-0.1, -0.05) is 0 Å². The van der Waals surface area contributed by atoms with Gasteiger partial charge in [-0.15, -0.1) is 0 Å². The zero-order valence-corrected chi connectivity index (χ0v) is 9.31. The van der Waals surface area contributed by atoms with Gasteiger partial charge in [-0.3, -0.25) is 4.57 Å². The summed E-state index contributed by atoms with van der Waals surface area (Å²) in [5.74, 6) is -0.475. The lowest BCUT2D eigenvalue weighted by atomic mass is 10.1. The summed E-state index contributed by atoms with van der Waals surface area (Å²) in [5.41, 5.74) is 1.69. The summed E-state index contributed by atoms with van der Waals surface area (Å²) in [5, 5.41) is 0.800. The van der Waals surface area contributed by atoms with E-state index in [1.165, 1.54) is 10.6 Å². The number of hydrogen-bond acceptors (Lipinski definition) is 4. The molecule has 0 aliphatic heterocycles. The highest BCUT2D eigenvalue weighted by atomic mass is 16.4. The molecule has 0 atom stereocenters. The molecule has 0 fully saturated rings. The molecule has 2 heterocycles. The SMILES string of the molecule is Cc1cc(=O)oc2c1ccc1oc(=O)n(C)c12. The molecule has 0 saturated heterocycles. The maximum atomic E-state index is 11.4. The second kappa shape index (κ2) is 3.10. The predicted molar refractivity (Wildman–Crippen MR) is 62.2 cm³/mol. The summed E-state index contributed by atoms with van der Waals surface area (Å²) >= 11 is 0. The van der Waals surface area contributed by atoms with E-state index < -0.39 is 11.4 Å². The van der Waals surface area contributed by atoms with E-state index in [0.29, 0.717) is 16.7 Å². The number of nitrogens with zero attached hydrogens (tertiary/aromatic N) is 1. The van der Waals surface area contributed by atoms with E-state index in [0.717, 1.165) is 10.9 Å². The van der Waals surface area contributed by atoms with Gasteiger partial charge in [0.1, 0.15) is 5.52 Å². The lowest BCUT2D eigenvalue weighted by Crippen LogP contribution is -2.09. The molecule has 0 spiro atoms. The summed E-state index contributed by atoms with van der Waals surface area (Å²) < 4.78 is 11.5. The van der Waals surface area contributed by atoms with Crippen LogP contribution in [0.2, 0.25) is 0 Å². The molecule has 0 N–H and O–H groups in total. The van der Waals surface area contributed by atoms with Gasteiger partial charge in [0.25, 0.3) is 0 Å². The predicted octanol–water partition coefficient (Wildman–Crippen LogP) is 1.55. The Kier molecular flexibility index (Phi) is 1.80. The van der Waals surface area contributed by atoms with Crippen molar-refractivity contribution in [2.24, 2.45) is 7.05 Å². The van der Waals surface area contributed by atoms with E-state index in [4.69, 9.17) is 8.83 Å². The van der Waals surface area contributed by atoms with Crippen LogP contribution >= 0.6 is 0 Å².